The Morgan fingerprint density at radius 1 is 1.48 bits per heavy atom. The lowest BCUT2D eigenvalue weighted by atomic mass is 10.3. The smallest absolute Gasteiger partial charge is 0.234 e. The molecule has 0 saturated carbocycles. The average Bonchev–Trinajstić information content (AvgIpc) is 3.16. The Balaban J connectivity index is 1.67. The molecule has 0 aliphatic carbocycles. The Morgan fingerprint density at radius 2 is 2.35 bits per heavy atom. The Morgan fingerprint density at radius 3 is 3.13 bits per heavy atom. The van der Waals surface area contributed by atoms with E-state index in [1.54, 1.807) is 18.5 Å². The third-order valence-corrected chi connectivity index (χ3v) is 3.67. The molecule has 1 unspecified atom stereocenters. The highest BCUT2D eigenvalue weighted by atomic mass is 16.5. The first-order valence-corrected chi connectivity index (χ1v) is 7.68. The summed E-state index contributed by atoms with van der Waals surface area (Å²) in [6.07, 6.45) is 6.22. The zero-order chi connectivity index (χ0) is 16.2. The normalized spacial score (nSPS) is 17.3. The maximum absolute atomic E-state index is 11.1. The summed E-state index contributed by atoms with van der Waals surface area (Å²) in [6, 6.07) is 2.05. The number of hydrogen-bond donors (Lipinski definition) is 1. The minimum Gasteiger partial charge on any atom is -0.477 e. The van der Waals surface area contributed by atoms with E-state index in [9.17, 15) is 4.79 Å². The molecule has 8 nitrogen and oxygen atoms in total. The maximum Gasteiger partial charge on any atom is 0.234 e. The molecule has 1 aliphatic heterocycles. The van der Waals surface area contributed by atoms with E-state index in [2.05, 4.69) is 25.3 Å². The molecule has 1 aliphatic rings. The first-order valence-electron chi connectivity index (χ1n) is 7.68. The minimum atomic E-state index is -0.119. The molecule has 2 aromatic rings. The van der Waals surface area contributed by atoms with Crippen molar-refractivity contribution in [3.8, 4) is 5.88 Å². The van der Waals surface area contributed by atoms with Gasteiger partial charge in [-0.1, -0.05) is 0 Å². The first-order chi connectivity index (χ1) is 11.2. The highest BCUT2D eigenvalue weighted by Gasteiger charge is 2.26. The van der Waals surface area contributed by atoms with Crippen LogP contribution in [0.5, 0.6) is 5.88 Å². The van der Waals surface area contributed by atoms with Crippen LogP contribution in [0.4, 0.5) is 11.6 Å². The van der Waals surface area contributed by atoms with Crippen molar-refractivity contribution in [2.75, 3.05) is 29.9 Å². The number of rotatable bonds is 5. The number of carbonyl (C=O) groups excluding carboxylic acids is 1. The largest absolute Gasteiger partial charge is 0.477 e. The van der Waals surface area contributed by atoms with Crippen molar-refractivity contribution in [1.82, 2.24) is 19.7 Å². The van der Waals surface area contributed by atoms with Crippen LogP contribution in [-0.2, 0) is 4.79 Å². The van der Waals surface area contributed by atoms with Gasteiger partial charge in [0.1, 0.15) is 0 Å². The van der Waals surface area contributed by atoms with E-state index >= 15 is 0 Å². The van der Waals surface area contributed by atoms with Crippen LogP contribution in [-0.4, -0.2) is 45.4 Å². The summed E-state index contributed by atoms with van der Waals surface area (Å²) in [5, 5.41) is 7.09. The first kappa shape index (κ1) is 15.3. The van der Waals surface area contributed by atoms with Gasteiger partial charge >= 0.3 is 0 Å². The summed E-state index contributed by atoms with van der Waals surface area (Å²) >= 11 is 0. The zero-order valence-corrected chi connectivity index (χ0v) is 13.3. The number of amides is 1. The second-order valence-corrected chi connectivity index (χ2v) is 5.40. The molecule has 1 amide bonds. The second kappa shape index (κ2) is 6.64. The van der Waals surface area contributed by atoms with E-state index in [0.717, 1.165) is 25.3 Å². The zero-order valence-electron chi connectivity index (χ0n) is 13.3. The van der Waals surface area contributed by atoms with Gasteiger partial charge in [0.15, 0.2) is 11.6 Å². The molecule has 0 bridgehead atoms. The van der Waals surface area contributed by atoms with Crippen molar-refractivity contribution >= 4 is 17.5 Å². The number of aromatic nitrogens is 4. The van der Waals surface area contributed by atoms with Gasteiger partial charge in [0, 0.05) is 32.3 Å². The predicted molar refractivity (Wildman–Crippen MR) is 85.6 cm³/mol. The van der Waals surface area contributed by atoms with Gasteiger partial charge < -0.3 is 15.0 Å². The fourth-order valence-corrected chi connectivity index (χ4v) is 2.66. The van der Waals surface area contributed by atoms with Crippen molar-refractivity contribution in [2.24, 2.45) is 0 Å². The van der Waals surface area contributed by atoms with Crippen molar-refractivity contribution in [3.05, 3.63) is 24.7 Å². The molecular formula is C15H20N6O2. The predicted octanol–water partition coefficient (Wildman–Crippen LogP) is 1.48. The molecule has 1 N–H and O–H groups in total. The van der Waals surface area contributed by atoms with Crippen molar-refractivity contribution in [2.45, 2.75) is 26.3 Å². The van der Waals surface area contributed by atoms with Gasteiger partial charge in [0.05, 0.1) is 25.0 Å². The van der Waals surface area contributed by atoms with Gasteiger partial charge in [-0.2, -0.15) is 10.1 Å². The van der Waals surface area contributed by atoms with Crippen LogP contribution in [0.1, 0.15) is 26.3 Å². The van der Waals surface area contributed by atoms with Gasteiger partial charge in [0.2, 0.25) is 11.8 Å². The number of carbonyl (C=O) groups is 1. The molecule has 8 heteroatoms. The van der Waals surface area contributed by atoms with E-state index in [1.807, 2.05) is 17.8 Å². The summed E-state index contributed by atoms with van der Waals surface area (Å²) in [6.45, 7) is 5.64. The van der Waals surface area contributed by atoms with Crippen LogP contribution in [0.25, 0.3) is 0 Å². The van der Waals surface area contributed by atoms with Gasteiger partial charge in [-0.05, 0) is 13.3 Å². The highest BCUT2D eigenvalue weighted by molar-refractivity contribution is 5.87. The maximum atomic E-state index is 11.1. The standard InChI is InChI=1S/C15H20N6O2/c1-3-23-15-9-16-8-14(18-15)20-6-4-12(10-20)21-7-5-13(19-21)17-11(2)22/h5,7-9,12H,3-4,6,10H2,1-2H3,(H,17,19,22). The van der Waals surface area contributed by atoms with Crippen molar-refractivity contribution in [3.63, 3.8) is 0 Å². The quantitative estimate of drug-likeness (QED) is 0.899. The number of ether oxygens (including phenoxy) is 1. The van der Waals surface area contributed by atoms with Gasteiger partial charge in [0.25, 0.3) is 0 Å². The molecule has 0 aromatic carbocycles. The highest BCUT2D eigenvalue weighted by Crippen LogP contribution is 2.26. The number of nitrogens with zero attached hydrogens (tertiary/aromatic N) is 5. The lowest BCUT2D eigenvalue weighted by Gasteiger charge is -2.17. The van der Waals surface area contributed by atoms with Crippen molar-refractivity contribution < 1.29 is 9.53 Å². The lowest BCUT2D eigenvalue weighted by Crippen LogP contribution is -2.22. The molecule has 3 heterocycles. The molecule has 0 radical (unpaired) electrons. The van der Waals surface area contributed by atoms with E-state index < -0.39 is 0 Å². The Hall–Kier alpha value is -2.64. The monoisotopic (exact) mass is 316 g/mol. The molecule has 2 aromatic heterocycles. The third kappa shape index (κ3) is 3.58. The second-order valence-electron chi connectivity index (χ2n) is 5.40. The molecule has 23 heavy (non-hydrogen) atoms. The summed E-state index contributed by atoms with van der Waals surface area (Å²) in [5.41, 5.74) is 0. The number of anilines is 2. The van der Waals surface area contributed by atoms with Crippen LogP contribution in [0.2, 0.25) is 0 Å². The number of hydrogen-bond acceptors (Lipinski definition) is 6. The molecule has 1 atom stereocenters. The van der Waals surface area contributed by atoms with Crippen LogP contribution in [0, 0.1) is 0 Å². The molecule has 122 valence electrons. The van der Waals surface area contributed by atoms with E-state index in [4.69, 9.17) is 4.74 Å². The van der Waals surface area contributed by atoms with Gasteiger partial charge in [-0.25, -0.2) is 0 Å². The fraction of sp³-hybridized carbons (Fsp3) is 0.467. The minimum absolute atomic E-state index is 0.119. The van der Waals surface area contributed by atoms with E-state index in [-0.39, 0.29) is 11.9 Å². The molecule has 0 spiro atoms. The molecule has 1 fully saturated rings. The van der Waals surface area contributed by atoms with E-state index in [0.29, 0.717) is 18.3 Å². The van der Waals surface area contributed by atoms with Gasteiger partial charge in [-0.3, -0.25) is 14.5 Å². The number of nitrogens with one attached hydrogen (secondary N) is 1. The fourth-order valence-electron chi connectivity index (χ4n) is 2.66. The summed E-state index contributed by atoms with van der Waals surface area (Å²) in [5.74, 6) is 1.81. The Kier molecular flexibility index (Phi) is 4.40. The summed E-state index contributed by atoms with van der Waals surface area (Å²) in [7, 11) is 0. The van der Waals surface area contributed by atoms with Crippen LogP contribution < -0.4 is 15.0 Å². The third-order valence-electron chi connectivity index (χ3n) is 3.67. The Labute approximate surface area is 134 Å². The van der Waals surface area contributed by atoms with Crippen molar-refractivity contribution in [1.29, 1.82) is 0 Å². The molecular weight excluding hydrogens is 296 g/mol. The Bertz CT molecular complexity index is 686. The molecule has 3 rings (SSSR count). The van der Waals surface area contributed by atoms with Crippen LogP contribution in [0.3, 0.4) is 0 Å². The average molecular weight is 316 g/mol. The SMILES string of the molecule is CCOc1cncc(N2CCC(n3ccc(NC(C)=O)n3)C2)n1. The van der Waals surface area contributed by atoms with E-state index in [1.165, 1.54) is 6.92 Å². The summed E-state index contributed by atoms with van der Waals surface area (Å²) < 4.78 is 7.29. The molecule has 1 saturated heterocycles. The topological polar surface area (TPSA) is 85.2 Å². The summed E-state index contributed by atoms with van der Waals surface area (Å²) in [4.78, 5) is 21.9. The lowest BCUT2D eigenvalue weighted by molar-refractivity contribution is -0.114. The van der Waals surface area contributed by atoms with Crippen LogP contribution in [0.15, 0.2) is 24.7 Å². The van der Waals surface area contributed by atoms with Gasteiger partial charge in [-0.15, -0.1) is 0 Å². The van der Waals surface area contributed by atoms with Crippen LogP contribution >= 0.6 is 0 Å².